The van der Waals surface area contributed by atoms with E-state index in [2.05, 4.69) is 44.5 Å². The molecule has 0 saturated carbocycles. The highest BCUT2D eigenvalue weighted by Crippen LogP contribution is 2.32. The predicted molar refractivity (Wildman–Crippen MR) is 460 cm³/mol. The van der Waals surface area contributed by atoms with Crippen LogP contribution in [0.15, 0.2) is 187 Å². The van der Waals surface area contributed by atoms with Gasteiger partial charge in [-0.05, 0) is 179 Å². The molecule has 6 aromatic carbocycles. The lowest BCUT2D eigenvalue weighted by molar-refractivity contribution is -0.112. The summed E-state index contributed by atoms with van der Waals surface area (Å²) in [4.78, 5) is 95.8. The van der Waals surface area contributed by atoms with E-state index >= 15 is 0 Å². The Hall–Kier alpha value is -10.4. The number of aliphatic hydroxyl groups is 3. The van der Waals surface area contributed by atoms with E-state index in [-0.39, 0.29) is 80.6 Å². The van der Waals surface area contributed by atoms with Crippen molar-refractivity contribution in [3.05, 3.63) is 226 Å². The van der Waals surface area contributed by atoms with Crippen LogP contribution in [0.2, 0.25) is 0 Å². The Morgan fingerprint density at radius 1 is 0.443 bits per heavy atom. The van der Waals surface area contributed by atoms with E-state index in [9.17, 15) is 48.9 Å². The van der Waals surface area contributed by atoms with Crippen molar-refractivity contribution in [1.82, 2.24) is 34.7 Å². The topological polar surface area (TPSA) is 367 Å². The maximum Gasteiger partial charge on any atom is 0.410 e. The molecule has 29 heteroatoms. The van der Waals surface area contributed by atoms with Crippen LogP contribution in [0.5, 0.6) is 0 Å². The first-order chi connectivity index (χ1) is 59.2. The number of likely N-dealkylation sites (tertiary alicyclic amines) is 6. The van der Waals surface area contributed by atoms with Gasteiger partial charge in [0.2, 0.25) is 0 Å². The third-order valence-electron chi connectivity index (χ3n) is 22.9. The van der Waals surface area contributed by atoms with Crippen LogP contribution >= 0.6 is 0 Å². The molecule has 8 heterocycles. The summed E-state index contributed by atoms with van der Waals surface area (Å²) in [5.74, 6) is 1.85. The third-order valence-corrected chi connectivity index (χ3v) is 22.9. The zero-order valence-electron chi connectivity index (χ0n) is 71.1. The highest BCUT2D eigenvalue weighted by molar-refractivity contribution is 5.70. The summed E-state index contributed by atoms with van der Waals surface area (Å²) < 4.78 is 42.3. The summed E-state index contributed by atoms with van der Waals surface area (Å²) in [5.41, 5.74) is 19.5. The molecule has 6 aromatic rings. The number of nitrogens with zero attached hydrogens (tertiary/aromatic N) is 9. The van der Waals surface area contributed by atoms with Crippen molar-refractivity contribution in [2.24, 2.45) is 46.4 Å². The molecule has 29 nitrogen and oxygen atoms in total. The Balaban J connectivity index is 0.000000167. The molecule has 122 heavy (non-hydrogen) atoms. The molecule has 0 aromatic heterocycles. The Kier molecular flexibility index (Phi) is 40.8. The Morgan fingerprint density at radius 2 is 0.721 bits per heavy atom. The first kappa shape index (κ1) is 95.5. The number of alkyl carbamates (subject to hydrolysis) is 1. The molecule has 8 fully saturated rings. The summed E-state index contributed by atoms with van der Waals surface area (Å²) >= 11 is 0. The second-order valence-corrected chi connectivity index (χ2v) is 33.0. The number of carbonyl (C=O) groups excluding carboxylic acids is 7. The standard InChI is InChI=1S/C20H30N2O5.C15H20N4O3.2C15H19NO3.C14H22N2O.C14H17NO3/c1-20(2,3)27-18(24)21-13-17(23)16-9-11-22(12-10-16)19(25)26-14-15-7-5-4-6-8-15;16-18-17-10-14(20)13-6-8-19(9-7-13)15(21)22-11-12-4-2-1-3-5-12;2*17-15(19-10-12-4-2-1-3-5-12)16-8-6-13(7-9-16)14-11-18-14;15-10-14(17)13-6-8-16(9-7-13)11-12-4-2-1-3-5-12;16-10-12-6-8-15(9-7-12)14(17)18-11-13-4-2-1-3-5-13/h4-8,16-17,23H,9-14H2,1-3H3,(H,21,24);1-5,13-14,20H,6-11H2;2*1-5,13-14H,6-11H2;1-5,13-14,17H,6-11,15H2;1-5,10,12H,6-9,11H2/t17-;2*14-;;14-;/m111.1./s1. The lowest BCUT2D eigenvalue weighted by Gasteiger charge is -2.33. The number of carbonyl (C=O) groups is 7. The first-order valence-corrected chi connectivity index (χ1v) is 43.1. The number of hydrogen-bond acceptors (Lipinski definition) is 21. The molecule has 0 bridgehead atoms. The summed E-state index contributed by atoms with van der Waals surface area (Å²) in [6, 6.07) is 58.8. The van der Waals surface area contributed by atoms with Crippen LogP contribution in [0, 0.1) is 35.5 Å². The van der Waals surface area contributed by atoms with E-state index in [1.165, 1.54) is 5.56 Å². The SMILES string of the molecule is CC(C)(C)OC(=O)NC[C@@H](O)C1CCN(C(=O)OCc2ccccc2)CC1.NC[C@@H](O)C1CCN(Cc2ccccc2)CC1.O=C(OCc1ccccc1)N1CCC(C2CO2)CC1.O=C(OCc1ccccc1)N1CCC([C@H]2CO2)CC1.O=CC1CCN(C(=O)OCc2ccccc2)CC1.[N-]=[N+]=NC[C@@H](O)C1CCN(C(=O)OCc2ccccc2)CC1. The monoisotopic (exact) mass is 1690 g/mol. The minimum Gasteiger partial charge on any atom is -0.445 e. The van der Waals surface area contributed by atoms with E-state index in [0.29, 0.717) is 121 Å². The molecule has 0 spiro atoms. The van der Waals surface area contributed by atoms with Crippen LogP contribution in [-0.2, 0) is 82.3 Å². The highest BCUT2D eigenvalue weighted by Gasteiger charge is 2.38. The van der Waals surface area contributed by atoms with Gasteiger partial charge < -0.3 is 93.6 Å². The van der Waals surface area contributed by atoms with Gasteiger partial charge in [0, 0.05) is 95.9 Å². The van der Waals surface area contributed by atoms with Gasteiger partial charge in [-0.2, -0.15) is 0 Å². The normalized spacial score (nSPS) is 19.1. The molecule has 1 unspecified atom stereocenters. The number of ether oxygens (including phenoxy) is 8. The van der Waals surface area contributed by atoms with E-state index in [4.69, 9.17) is 49.2 Å². The number of hydrogen-bond donors (Lipinski definition) is 5. The average Bonchev–Trinajstić information content (AvgIpc) is 1.68. The van der Waals surface area contributed by atoms with Crippen molar-refractivity contribution in [2.45, 2.75) is 174 Å². The molecule has 8 aliphatic heterocycles. The van der Waals surface area contributed by atoms with Gasteiger partial charge in [0.25, 0.3) is 0 Å². The van der Waals surface area contributed by atoms with Crippen molar-refractivity contribution < 1.29 is 86.8 Å². The van der Waals surface area contributed by atoms with Gasteiger partial charge in [-0.25, -0.2) is 28.8 Å². The molecule has 8 saturated heterocycles. The number of azide groups is 1. The molecule has 14 rings (SSSR count). The summed E-state index contributed by atoms with van der Waals surface area (Å²) in [6.45, 7) is 19.0. The van der Waals surface area contributed by atoms with Crippen molar-refractivity contribution >= 4 is 42.8 Å². The van der Waals surface area contributed by atoms with E-state index in [1.807, 2.05) is 168 Å². The fourth-order valence-electron chi connectivity index (χ4n) is 15.2. The number of aliphatic hydroxyl groups excluding tert-OH is 3. The molecule has 0 aliphatic carbocycles. The van der Waals surface area contributed by atoms with E-state index in [0.717, 1.165) is 144 Å². The fourth-order valence-corrected chi connectivity index (χ4v) is 15.2. The maximum absolute atomic E-state index is 12.2. The summed E-state index contributed by atoms with van der Waals surface area (Å²) in [6.07, 6.45) is 8.83. The number of benzene rings is 6. The maximum atomic E-state index is 12.2. The van der Waals surface area contributed by atoms with Gasteiger partial charge in [-0.15, -0.1) is 0 Å². The molecule has 6 amide bonds. The fraction of sp³-hybridized carbons (Fsp3) is 0.538. The Bertz CT molecular complexity index is 3950. The van der Waals surface area contributed by atoms with E-state index in [1.54, 1.807) is 35.5 Å². The molecule has 0 radical (unpaired) electrons. The van der Waals surface area contributed by atoms with Crippen molar-refractivity contribution in [1.29, 1.82) is 0 Å². The predicted octanol–water partition coefficient (Wildman–Crippen LogP) is 13.9. The number of amides is 6. The minimum absolute atomic E-state index is 0.0260. The number of epoxide rings is 2. The van der Waals surface area contributed by atoms with Gasteiger partial charge in [0.1, 0.15) is 44.9 Å². The molecule has 6 N–H and O–H groups in total. The van der Waals surface area contributed by atoms with Crippen LogP contribution in [0.4, 0.5) is 28.8 Å². The van der Waals surface area contributed by atoms with Crippen molar-refractivity contribution in [3.8, 4) is 0 Å². The number of piperidine rings is 6. The van der Waals surface area contributed by atoms with Gasteiger partial charge in [-0.3, -0.25) is 4.90 Å². The average molecular weight is 1690 g/mol. The molecular weight excluding hydrogens is 1560 g/mol. The van der Waals surface area contributed by atoms with Gasteiger partial charge in [-0.1, -0.05) is 187 Å². The van der Waals surface area contributed by atoms with Crippen LogP contribution in [0.25, 0.3) is 10.4 Å². The quantitative estimate of drug-likeness (QED) is 0.00993. The Morgan fingerprint density at radius 3 is 1.01 bits per heavy atom. The molecule has 5 atom stereocenters. The van der Waals surface area contributed by atoms with Gasteiger partial charge in [0.15, 0.2) is 0 Å². The molecule has 8 aliphatic rings. The second-order valence-electron chi connectivity index (χ2n) is 33.0. The third kappa shape index (κ3) is 35.6. The lowest BCUT2D eigenvalue weighted by Crippen LogP contribution is -2.45. The zero-order valence-corrected chi connectivity index (χ0v) is 71.1. The van der Waals surface area contributed by atoms with Crippen molar-refractivity contribution in [2.75, 3.05) is 111 Å². The minimum atomic E-state index is -0.667. The molecular formula is C93H127N11O18. The van der Waals surface area contributed by atoms with Crippen LogP contribution < -0.4 is 11.1 Å². The first-order valence-electron chi connectivity index (χ1n) is 43.1. The number of rotatable bonds is 23. The van der Waals surface area contributed by atoms with Crippen LogP contribution in [0.3, 0.4) is 0 Å². The summed E-state index contributed by atoms with van der Waals surface area (Å²) in [5, 5.41) is 35.9. The lowest BCUT2D eigenvalue weighted by atomic mass is 9.91. The zero-order chi connectivity index (χ0) is 86.7. The number of nitrogens with one attached hydrogen (secondary N) is 1. The smallest absolute Gasteiger partial charge is 0.410 e. The van der Waals surface area contributed by atoms with Gasteiger partial charge >= 0.3 is 36.6 Å². The van der Waals surface area contributed by atoms with Crippen LogP contribution in [-0.4, -0.2) is 235 Å². The highest BCUT2D eigenvalue weighted by atomic mass is 16.6. The van der Waals surface area contributed by atoms with Crippen LogP contribution in [0.1, 0.15) is 131 Å². The molecule has 662 valence electrons. The van der Waals surface area contributed by atoms with Crippen molar-refractivity contribution in [3.63, 3.8) is 0 Å². The second kappa shape index (κ2) is 52.2. The number of aldehydes is 1. The Labute approximate surface area is 718 Å². The van der Waals surface area contributed by atoms with E-state index < -0.39 is 23.9 Å². The van der Waals surface area contributed by atoms with Gasteiger partial charge in [0.05, 0.1) is 50.3 Å². The summed E-state index contributed by atoms with van der Waals surface area (Å²) in [7, 11) is 0. The largest absolute Gasteiger partial charge is 0.445 e. The number of nitrogens with two attached hydrogens (primary N) is 1.